The van der Waals surface area contributed by atoms with Crippen LogP contribution < -0.4 is 0 Å². The SMILES string of the molecule is CO[C@H]1CC(=O)CC[C@@H](C)OC(=O)C[C@@H]1OCc1ccccc1. The van der Waals surface area contributed by atoms with Gasteiger partial charge >= 0.3 is 5.97 Å². The van der Waals surface area contributed by atoms with E-state index in [0.717, 1.165) is 5.56 Å². The summed E-state index contributed by atoms with van der Waals surface area (Å²) in [7, 11) is 1.54. The van der Waals surface area contributed by atoms with Gasteiger partial charge in [0.25, 0.3) is 0 Å². The maximum Gasteiger partial charge on any atom is 0.308 e. The normalized spacial score (nSPS) is 26.6. The van der Waals surface area contributed by atoms with Gasteiger partial charge in [0.2, 0.25) is 0 Å². The molecule has 5 heteroatoms. The van der Waals surface area contributed by atoms with Gasteiger partial charge in [0.05, 0.1) is 31.3 Å². The van der Waals surface area contributed by atoms with Crippen LogP contribution in [0.15, 0.2) is 30.3 Å². The van der Waals surface area contributed by atoms with E-state index in [-0.39, 0.29) is 30.7 Å². The van der Waals surface area contributed by atoms with Crippen LogP contribution in [0.5, 0.6) is 0 Å². The number of esters is 1. The number of methoxy groups -OCH3 is 1. The second-order valence-corrected chi connectivity index (χ2v) is 5.90. The standard InChI is InChI=1S/C18H24O5/c1-13-8-9-15(19)10-16(21-2)17(11-18(20)23-13)22-12-14-6-4-3-5-7-14/h3-7,13,16-17H,8-12H2,1-2H3/t13-,16+,17+/m1/s1. The number of ketones is 1. The van der Waals surface area contributed by atoms with Crippen molar-refractivity contribution in [3.05, 3.63) is 35.9 Å². The molecule has 0 amide bonds. The minimum atomic E-state index is -0.498. The molecule has 0 radical (unpaired) electrons. The predicted octanol–water partition coefficient (Wildman–Crippen LogP) is 2.66. The fourth-order valence-corrected chi connectivity index (χ4v) is 2.63. The van der Waals surface area contributed by atoms with E-state index in [2.05, 4.69) is 0 Å². The summed E-state index contributed by atoms with van der Waals surface area (Å²) < 4.78 is 16.6. The minimum absolute atomic E-state index is 0.0863. The van der Waals surface area contributed by atoms with Gasteiger partial charge < -0.3 is 14.2 Å². The Morgan fingerprint density at radius 1 is 1.13 bits per heavy atom. The molecule has 0 aliphatic carbocycles. The Bertz CT molecular complexity index is 513. The number of hydrogen-bond acceptors (Lipinski definition) is 5. The molecule has 0 bridgehead atoms. The summed E-state index contributed by atoms with van der Waals surface area (Å²) in [5, 5.41) is 0. The predicted molar refractivity (Wildman–Crippen MR) is 84.8 cm³/mol. The minimum Gasteiger partial charge on any atom is -0.463 e. The molecule has 1 fully saturated rings. The largest absolute Gasteiger partial charge is 0.463 e. The van der Waals surface area contributed by atoms with Crippen LogP contribution in [-0.4, -0.2) is 37.2 Å². The maximum atomic E-state index is 12.0. The highest BCUT2D eigenvalue weighted by atomic mass is 16.6. The molecule has 2 rings (SSSR count). The van der Waals surface area contributed by atoms with Crippen LogP contribution >= 0.6 is 0 Å². The molecule has 1 aromatic rings. The van der Waals surface area contributed by atoms with Crippen molar-refractivity contribution in [3.8, 4) is 0 Å². The molecular formula is C18H24O5. The van der Waals surface area contributed by atoms with Crippen molar-refractivity contribution in [3.63, 3.8) is 0 Å². The average Bonchev–Trinajstić information content (AvgIpc) is 2.55. The van der Waals surface area contributed by atoms with Crippen molar-refractivity contribution in [1.82, 2.24) is 0 Å². The summed E-state index contributed by atoms with van der Waals surface area (Å²) >= 11 is 0. The van der Waals surface area contributed by atoms with E-state index in [4.69, 9.17) is 14.2 Å². The zero-order valence-corrected chi connectivity index (χ0v) is 13.7. The number of Topliss-reactive ketones (excluding diaryl/α,β-unsaturated/α-hetero) is 1. The number of hydrogen-bond donors (Lipinski definition) is 0. The maximum absolute atomic E-state index is 12.0. The molecule has 0 spiro atoms. The summed E-state index contributed by atoms with van der Waals surface area (Å²) in [6, 6.07) is 9.70. The third-order valence-electron chi connectivity index (χ3n) is 3.98. The molecular weight excluding hydrogens is 296 g/mol. The Kier molecular flexibility index (Phi) is 6.74. The van der Waals surface area contributed by atoms with Crippen molar-refractivity contribution in [2.45, 2.75) is 57.5 Å². The molecule has 3 atom stereocenters. The Hall–Kier alpha value is -1.72. The molecule has 1 aromatic carbocycles. The van der Waals surface area contributed by atoms with Crippen LogP contribution in [0.1, 0.15) is 38.2 Å². The first kappa shape index (κ1) is 17.6. The van der Waals surface area contributed by atoms with Gasteiger partial charge in [-0.25, -0.2) is 0 Å². The van der Waals surface area contributed by atoms with Gasteiger partial charge in [-0.2, -0.15) is 0 Å². The summed E-state index contributed by atoms with van der Waals surface area (Å²) in [5.74, 6) is -0.207. The lowest BCUT2D eigenvalue weighted by molar-refractivity contribution is -0.158. The van der Waals surface area contributed by atoms with Crippen LogP contribution in [0.2, 0.25) is 0 Å². The monoisotopic (exact) mass is 320 g/mol. The summed E-state index contributed by atoms with van der Waals surface area (Å²) in [6.45, 7) is 2.17. The van der Waals surface area contributed by atoms with Crippen LogP contribution in [0.4, 0.5) is 0 Å². The number of ether oxygens (including phenoxy) is 3. The zero-order chi connectivity index (χ0) is 16.7. The van der Waals surface area contributed by atoms with Crippen LogP contribution in [-0.2, 0) is 30.4 Å². The third kappa shape index (κ3) is 5.77. The highest BCUT2D eigenvalue weighted by Gasteiger charge is 2.30. The second-order valence-electron chi connectivity index (χ2n) is 5.90. The highest BCUT2D eigenvalue weighted by Crippen LogP contribution is 2.19. The lowest BCUT2D eigenvalue weighted by atomic mass is 10.00. The van der Waals surface area contributed by atoms with E-state index >= 15 is 0 Å². The van der Waals surface area contributed by atoms with Gasteiger partial charge in [-0.05, 0) is 18.9 Å². The average molecular weight is 320 g/mol. The summed E-state index contributed by atoms with van der Waals surface area (Å²) in [6.07, 6.45) is 0.101. The van der Waals surface area contributed by atoms with Crippen molar-refractivity contribution < 1.29 is 23.8 Å². The van der Waals surface area contributed by atoms with Gasteiger partial charge in [0.15, 0.2) is 0 Å². The zero-order valence-electron chi connectivity index (χ0n) is 13.7. The lowest BCUT2D eigenvalue weighted by Gasteiger charge is -2.27. The molecule has 0 saturated carbocycles. The van der Waals surface area contributed by atoms with Gasteiger partial charge in [-0.1, -0.05) is 30.3 Å². The van der Waals surface area contributed by atoms with E-state index in [1.54, 1.807) is 6.92 Å². The molecule has 1 aliphatic rings. The molecule has 1 saturated heterocycles. The summed E-state index contributed by atoms with van der Waals surface area (Å²) in [4.78, 5) is 24.1. The fraction of sp³-hybridized carbons (Fsp3) is 0.556. The molecule has 5 nitrogen and oxygen atoms in total. The van der Waals surface area contributed by atoms with Crippen LogP contribution in [0.25, 0.3) is 0 Å². The number of carbonyl (C=O) groups excluding carboxylic acids is 2. The van der Waals surface area contributed by atoms with Crippen LogP contribution in [0, 0.1) is 0 Å². The van der Waals surface area contributed by atoms with Gasteiger partial charge in [0.1, 0.15) is 5.78 Å². The molecule has 0 N–H and O–H groups in total. The van der Waals surface area contributed by atoms with E-state index in [0.29, 0.717) is 19.4 Å². The first-order valence-electron chi connectivity index (χ1n) is 7.98. The lowest BCUT2D eigenvalue weighted by Crippen LogP contribution is -2.37. The Labute approximate surface area is 136 Å². The third-order valence-corrected chi connectivity index (χ3v) is 3.98. The first-order chi connectivity index (χ1) is 11.1. The topological polar surface area (TPSA) is 61.8 Å². The number of carbonyl (C=O) groups is 2. The Balaban J connectivity index is 2.06. The number of rotatable bonds is 4. The van der Waals surface area contributed by atoms with Gasteiger partial charge in [-0.15, -0.1) is 0 Å². The molecule has 0 aromatic heterocycles. The van der Waals surface area contributed by atoms with E-state index in [9.17, 15) is 9.59 Å². The Morgan fingerprint density at radius 2 is 1.87 bits per heavy atom. The van der Waals surface area contributed by atoms with Crippen molar-refractivity contribution >= 4 is 11.8 Å². The molecule has 0 unspecified atom stereocenters. The van der Waals surface area contributed by atoms with E-state index in [1.807, 2.05) is 30.3 Å². The van der Waals surface area contributed by atoms with Crippen LogP contribution in [0.3, 0.4) is 0 Å². The first-order valence-corrected chi connectivity index (χ1v) is 7.98. The molecule has 23 heavy (non-hydrogen) atoms. The van der Waals surface area contributed by atoms with E-state index in [1.165, 1.54) is 7.11 Å². The van der Waals surface area contributed by atoms with Crippen molar-refractivity contribution in [1.29, 1.82) is 0 Å². The van der Waals surface area contributed by atoms with Crippen molar-refractivity contribution in [2.75, 3.05) is 7.11 Å². The van der Waals surface area contributed by atoms with Crippen molar-refractivity contribution in [2.24, 2.45) is 0 Å². The molecule has 1 heterocycles. The molecule has 126 valence electrons. The summed E-state index contributed by atoms with van der Waals surface area (Å²) in [5.41, 5.74) is 1.01. The second kappa shape index (κ2) is 8.79. The van der Waals surface area contributed by atoms with Gasteiger partial charge in [-0.3, -0.25) is 9.59 Å². The number of benzene rings is 1. The number of cyclic esters (lactones) is 1. The van der Waals surface area contributed by atoms with E-state index < -0.39 is 12.2 Å². The smallest absolute Gasteiger partial charge is 0.308 e. The molecule has 1 aliphatic heterocycles. The highest BCUT2D eigenvalue weighted by molar-refractivity contribution is 5.79. The fourth-order valence-electron chi connectivity index (χ4n) is 2.63. The quantitative estimate of drug-likeness (QED) is 0.798. The van der Waals surface area contributed by atoms with Gasteiger partial charge in [0, 0.05) is 20.0 Å². The Morgan fingerprint density at radius 3 is 2.57 bits per heavy atom.